The van der Waals surface area contributed by atoms with E-state index in [-0.39, 0.29) is 6.61 Å². The summed E-state index contributed by atoms with van der Waals surface area (Å²) in [4.78, 5) is 10.5. The average molecular weight is 187 g/mol. The van der Waals surface area contributed by atoms with Gasteiger partial charge in [0.05, 0.1) is 12.6 Å². The minimum Gasteiger partial charge on any atom is -0.393 e. The van der Waals surface area contributed by atoms with Crippen molar-refractivity contribution in [3.63, 3.8) is 0 Å². The Balaban J connectivity index is 3.01. The predicted molar refractivity (Wildman–Crippen MR) is 49.1 cm³/mol. The van der Waals surface area contributed by atoms with Gasteiger partial charge < -0.3 is 14.9 Å². The van der Waals surface area contributed by atoms with Gasteiger partial charge in [-0.05, 0) is 13.8 Å². The zero-order valence-electron chi connectivity index (χ0n) is 8.02. The molecular formula is C7H14BNO4. The number of rotatable bonds is 2. The molecule has 0 unspecified atom stereocenters. The van der Waals surface area contributed by atoms with Crippen LogP contribution in [0.5, 0.6) is 0 Å². The minimum absolute atomic E-state index is 0.329. The van der Waals surface area contributed by atoms with Gasteiger partial charge in [-0.3, -0.25) is 0 Å². The molecule has 4 atom stereocenters. The van der Waals surface area contributed by atoms with Gasteiger partial charge in [0.15, 0.2) is 6.04 Å². The number of nitroso groups, excluding NO2 is 1. The monoisotopic (exact) mass is 187 g/mol. The molecule has 1 saturated heterocycles. The SMILES string of the molecule is B[C@@H]1O[C@](C)(CO)[C@@H](N=O)[C@@]1(C)O. The van der Waals surface area contributed by atoms with E-state index >= 15 is 0 Å². The summed E-state index contributed by atoms with van der Waals surface area (Å²) in [6, 6.07) is -1.44. The summed E-state index contributed by atoms with van der Waals surface area (Å²) in [6.45, 7) is 2.73. The van der Waals surface area contributed by atoms with E-state index in [1.54, 1.807) is 14.8 Å². The molecule has 1 aliphatic rings. The van der Waals surface area contributed by atoms with Crippen molar-refractivity contribution in [2.75, 3.05) is 6.61 Å². The van der Waals surface area contributed by atoms with Crippen molar-refractivity contribution >= 4 is 7.85 Å². The van der Waals surface area contributed by atoms with Gasteiger partial charge in [-0.1, -0.05) is 5.18 Å². The van der Waals surface area contributed by atoms with Crippen LogP contribution in [0.4, 0.5) is 0 Å². The molecule has 0 bridgehead atoms. The van der Waals surface area contributed by atoms with Crippen LogP contribution >= 0.6 is 0 Å². The second-order valence-corrected chi connectivity index (χ2v) is 3.96. The van der Waals surface area contributed by atoms with E-state index in [2.05, 4.69) is 5.18 Å². The Hall–Kier alpha value is -0.455. The van der Waals surface area contributed by atoms with Crippen molar-refractivity contribution in [2.45, 2.75) is 37.1 Å². The number of aliphatic hydroxyl groups is 2. The first kappa shape index (κ1) is 10.6. The second-order valence-electron chi connectivity index (χ2n) is 3.96. The molecule has 13 heavy (non-hydrogen) atoms. The van der Waals surface area contributed by atoms with Gasteiger partial charge in [0, 0.05) is 0 Å². The van der Waals surface area contributed by atoms with E-state index in [1.165, 1.54) is 6.92 Å². The zero-order valence-corrected chi connectivity index (χ0v) is 8.02. The molecule has 0 saturated carbocycles. The summed E-state index contributed by atoms with van der Waals surface area (Å²) >= 11 is 0. The highest BCUT2D eigenvalue weighted by Gasteiger charge is 2.58. The van der Waals surface area contributed by atoms with Gasteiger partial charge >= 0.3 is 0 Å². The summed E-state index contributed by atoms with van der Waals surface area (Å²) in [5.41, 5.74) is -2.37. The second kappa shape index (κ2) is 3.04. The van der Waals surface area contributed by atoms with Gasteiger partial charge in [0.2, 0.25) is 0 Å². The lowest BCUT2D eigenvalue weighted by atomic mass is 9.78. The van der Waals surface area contributed by atoms with E-state index in [1.807, 2.05) is 0 Å². The Labute approximate surface area is 77.5 Å². The standard InChI is InChI=1S/C7H14BNO4/c1-6(3-10)4(9-12)7(2,11)5(8)13-6/h4-5,10-11H,3,8H2,1-2H3/t4-,5-,6-,7-/m1/s1. The molecule has 0 radical (unpaired) electrons. The number of aliphatic hydroxyl groups excluding tert-OH is 1. The molecule has 1 rings (SSSR count). The van der Waals surface area contributed by atoms with Crippen molar-refractivity contribution in [3.05, 3.63) is 4.91 Å². The van der Waals surface area contributed by atoms with Crippen molar-refractivity contribution in [1.82, 2.24) is 0 Å². The van der Waals surface area contributed by atoms with Crippen molar-refractivity contribution < 1.29 is 14.9 Å². The highest BCUT2D eigenvalue weighted by molar-refractivity contribution is 6.12. The summed E-state index contributed by atoms with van der Waals surface area (Å²) in [7, 11) is 1.65. The van der Waals surface area contributed by atoms with Crippen LogP contribution in [0.2, 0.25) is 0 Å². The third kappa shape index (κ3) is 1.39. The van der Waals surface area contributed by atoms with Gasteiger partial charge in [0.1, 0.15) is 19.0 Å². The van der Waals surface area contributed by atoms with Crippen molar-refractivity contribution in [1.29, 1.82) is 0 Å². The molecule has 6 heteroatoms. The van der Waals surface area contributed by atoms with E-state index < -0.39 is 23.2 Å². The quantitative estimate of drug-likeness (QED) is 0.412. The van der Waals surface area contributed by atoms with E-state index in [4.69, 9.17) is 9.84 Å². The molecule has 5 nitrogen and oxygen atoms in total. The fraction of sp³-hybridized carbons (Fsp3) is 1.00. The number of nitrogens with zero attached hydrogens (tertiary/aromatic N) is 1. The lowest BCUT2D eigenvalue weighted by Crippen LogP contribution is -2.49. The van der Waals surface area contributed by atoms with Crippen LogP contribution in [0.1, 0.15) is 13.8 Å². The van der Waals surface area contributed by atoms with E-state index in [0.717, 1.165) is 0 Å². The van der Waals surface area contributed by atoms with Crippen molar-refractivity contribution in [3.8, 4) is 0 Å². The van der Waals surface area contributed by atoms with Crippen LogP contribution in [0, 0.1) is 4.91 Å². The van der Waals surface area contributed by atoms with Gasteiger partial charge in [-0.2, -0.15) is 4.91 Å². The minimum atomic E-state index is -1.31. The smallest absolute Gasteiger partial charge is 0.153 e. The maximum Gasteiger partial charge on any atom is 0.153 e. The number of ether oxygens (including phenoxy) is 1. The largest absolute Gasteiger partial charge is 0.393 e. The summed E-state index contributed by atoms with van der Waals surface area (Å²) in [5.74, 6) is 0. The number of hydrogen-bond acceptors (Lipinski definition) is 5. The third-order valence-electron chi connectivity index (χ3n) is 2.82. The maximum atomic E-state index is 10.5. The number of hydrogen-bond donors (Lipinski definition) is 2. The first-order valence-electron chi connectivity index (χ1n) is 4.22. The van der Waals surface area contributed by atoms with E-state index in [9.17, 15) is 10.0 Å². The van der Waals surface area contributed by atoms with Crippen LogP contribution < -0.4 is 0 Å². The lowest BCUT2D eigenvalue weighted by Gasteiger charge is -2.27. The molecule has 1 fully saturated rings. The Morgan fingerprint density at radius 2 is 2.15 bits per heavy atom. The van der Waals surface area contributed by atoms with Crippen LogP contribution in [-0.2, 0) is 4.74 Å². The van der Waals surface area contributed by atoms with Gasteiger partial charge in [-0.25, -0.2) is 0 Å². The van der Waals surface area contributed by atoms with Crippen LogP contribution in [0.15, 0.2) is 5.18 Å². The molecule has 0 spiro atoms. The lowest BCUT2D eigenvalue weighted by molar-refractivity contribution is -0.0490. The molecule has 2 N–H and O–H groups in total. The highest BCUT2D eigenvalue weighted by atomic mass is 16.5. The fourth-order valence-electron chi connectivity index (χ4n) is 1.77. The average Bonchev–Trinajstić information content (AvgIpc) is 2.20. The molecule has 1 aliphatic heterocycles. The van der Waals surface area contributed by atoms with Gasteiger partial charge in [0.25, 0.3) is 0 Å². The Bertz CT molecular complexity index is 223. The third-order valence-corrected chi connectivity index (χ3v) is 2.82. The molecule has 74 valence electrons. The summed E-state index contributed by atoms with van der Waals surface area (Å²) in [6.07, 6.45) is 0. The van der Waals surface area contributed by atoms with Crippen molar-refractivity contribution in [2.24, 2.45) is 5.18 Å². The molecule has 0 aromatic heterocycles. The molecule has 0 aromatic rings. The first-order chi connectivity index (χ1) is 5.88. The maximum absolute atomic E-state index is 10.5. The Kier molecular flexibility index (Phi) is 2.49. The Morgan fingerprint density at radius 1 is 1.62 bits per heavy atom. The van der Waals surface area contributed by atoms with Crippen LogP contribution in [0.3, 0.4) is 0 Å². The molecule has 1 heterocycles. The predicted octanol–water partition coefficient (Wildman–Crippen LogP) is -1.39. The first-order valence-corrected chi connectivity index (χ1v) is 4.22. The molecule has 0 aromatic carbocycles. The van der Waals surface area contributed by atoms with Crippen LogP contribution in [-0.4, -0.2) is 47.9 Å². The topological polar surface area (TPSA) is 79.1 Å². The molecule has 0 aliphatic carbocycles. The molecular weight excluding hydrogens is 173 g/mol. The zero-order chi connectivity index (χ0) is 10.3. The highest BCUT2D eigenvalue weighted by Crippen LogP contribution is 2.38. The normalized spacial score (nSPS) is 50.8. The summed E-state index contributed by atoms with van der Waals surface area (Å²) in [5, 5.41) is 21.7. The van der Waals surface area contributed by atoms with Crippen LogP contribution in [0.25, 0.3) is 0 Å². The van der Waals surface area contributed by atoms with E-state index in [0.29, 0.717) is 0 Å². The molecule has 0 amide bonds. The van der Waals surface area contributed by atoms with Gasteiger partial charge in [-0.15, -0.1) is 0 Å². The fourth-order valence-corrected chi connectivity index (χ4v) is 1.77. The Morgan fingerprint density at radius 3 is 2.46 bits per heavy atom. The summed E-state index contributed by atoms with van der Waals surface area (Å²) < 4.78 is 5.32.